The summed E-state index contributed by atoms with van der Waals surface area (Å²) in [5, 5.41) is 20.3. The first-order valence-electron chi connectivity index (χ1n) is 8.51. The fraction of sp³-hybridized carbons (Fsp3) is 0.778. The number of rotatable bonds is 0. The van der Waals surface area contributed by atoms with Gasteiger partial charge in [-0.25, -0.2) is 0 Å². The zero-order valence-corrected chi connectivity index (χ0v) is 14.3. The summed E-state index contributed by atoms with van der Waals surface area (Å²) >= 11 is 1.70. The molecule has 4 aliphatic rings. The molecule has 1 saturated heterocycles. The van der Waals surface area contributed by atoms with Crippen LogP contribution in [-0.4, -0.2) is 33.5 Å². The van der Waals surface area contributed by atoms with Gasteiger partial charge in [0.05, 0.1) is 6.10 Å². The maximum atomic E-state index is 10.3. The van der Waals surface area contributed by atoms with Gasteiger partial charge in [0, 0.05) is 23.6 Å². The van der Waals surface area contributed by atoms with E-state index in [0.717, 1.165) is 31.4 Å². The van der Waals surface area contributed by atoms with Gasteiger partial charge in [-0.05, 0) is 36.5 Å². The number of hydrogen-bond donors (Lipinski definition) is 3. The predicted molar refractivity (Wildman–Crippen MR) is 90.3 cm³/mol. The van der Waals surface area contributed by atoms with Crippen molar-refractivity contribution in [2.24, 2.45) is 28.4 Å². The fourth-order valence-electron chi connectivity index (χ4n) is 5.59. The lowest BCUT2D eigenvalue weighted by Crippen LogP contribution is -2.50. The van der Waals surface area contributed by atoms with Crippen LogP contribution in [0.25, 0.3) is 0 Å². The van der Waals surface area contributed by atoms with E-state index in [-0.39, 0.29) is 28.4 Å². The van der Waals surface area contributed by atoms with E-state index in [2.05, 4.69) is 26.0 Å². The molecule has 0 aromatic heterocycles. The maximum Gasteiger partial charge on any atom is 0.103 e. The monoisotopic (exact) mass is 321 g/mol. The Balaban J connectivity index is 1.74. The molecule has 4 N–H and O–H groups in total. The summed E-state index contributed by atoms with van der Waals surface area (Å²) in [4.78, 5) is 0. The first kappa shape index (κ1) is 15.3. The summed E-state index contributed by atoms with van der Waals surface area (Å²) in [6, 6.07) is -0.0971. The molecule has 0 bridgehead atoms. The number of nitrogens with two attached hydrogens (primary N) is 1. The minimum absolute atomic E-state index is 0.0464. The number of aliphatic hydroxyl groups excluding tert-OH is 2. The van der Waals surface area contributed by atoms with E-state index in [9.17, 15) is 10.2 Å². The van der Waals surface area contributed by atoms with Crippen molar-refractivity contribution in [3.63, 3.8) is 0 Å². The molecule has 1 heterocycles. The Morgan fingerprint density at radius 2 is 2.00 bits per heavy atom. The van der Waals surface area contributed by atoms with Gasteiger partial charge >= 0.3 is 0 Å². The second-order valence-corrected chi connectivity index (χ2v) is 9.39. The van der Waals surface area contributed by atoms with Crippen LogP contribution in [0.1, 0.15) is 39.5 Å². The van der Waals surface area contributed by atoms with E-state index in [1.165, 1.54) is 11.1 Å². The third kappa shape index (κ3) is 1.87. The van der Waals surface area contributed by atoms with E-state index in [0.29, 0.717) is 11.8 Å². The molecule has 0 spiro atoms. The summed E-state index contributed by atoms with van der Waals surface area (Å²) in [6.07, 6.45) is 8.07. The Hall–Kier alpha value is -0.290. The van der Waals surface area contributed by atoms with Crippen LogP contribution in [0, 0.1) is 22.7 Å². The number of allylic oxidation sites excluding steroid dienone is 3. The summed E-state index contributed by atoms with van der Waals surface area (Å²) in [7, 11) is 0. The molecule has 3 fully saturated rings. The van der Waals surface area contributed by atoms with Crippen LogP contribution >= 0.6 is 11.8 Å². The molecule has 3 unspecified atom stereocenters. The normalized spacial score (nSPS) is 54.0. The van der Waals surface area contributed by atoms with Crippen molar-refractivity contribution in [3.05, 3.63) is 23.3 Å². The Morgan fingerprint density at radius 1 is 1.23 bits per heavy atom. The molecule has 122 valence electrons. The fourth-order valence-corrected chi connectivity index (χ4v) is 6.81. The van der Waals surface area contributed by atoms with Gasteiger partial charge < -0.3 is 15.9 Å². The Bertz CT molecular complexity index is 559. The first-order valence-corrected chi connectivity index (χ1v) is 9.55. The van der Waals surface area contributed by atoms with Gasteiger partial charge in [0.15, 0.2) is 0 Å². The lowest BCUT2D eigenvalue weighted by molar-refractivity contribution is 0.0914. The second-order valence-electron chi connectivity index (χ2n) is 8.22. The average molecular weight is 321 g/mol. The molecule has 0 aromatic carbocycles. The first-order chi connectivity index (χ1) is 10.4. The molecule has 0 aromatic rings. The van der Waals surface area contributed by atoms with Crippen LogP contribution in [0.4, 0.5) is 0 Å². The van der Waals surface area contributed by atoms with Gasteiger partial charge in [-0.3, -0.25) is 0 Å². The van der Waals surface area contributed by atoms with E-state index in [4.69, 9.17) is 5.73 Å². The molecule has 3 nitrogen and oxygen atoms in total. The van der Waals surface area contributed by atoms with Gasteiger partial charge in [0.25, 0.3) is 0 Å². The van der Waals surface area contributed by atoms with Crippen molar-refractivity contribution in [1.29, 1.82) is 0 Å². The minimum atomic E-state index is -0.365. The molecule has 2 saturated carbocycles. The van der Waals surface area contributed by atoms with Crippen molar-refractivity contribution < 1.29 is 10.2 Å². The number of thioether (sulfide) groups is 1. The SMILES string of the molecule is C[C@]12CSC(O)CC1=CC=C1[C@H]2CC[C@]2(C)C(N)C(O)C[C@@H]12. The van der Waals surface area contributed by atoms with Crippen molar-refractivity contribution in [2.45, 2.75) is 57.1 Å². The molecule has 0 radical (unpaired) electrons. The third-order valence-corrected chi connectivity index (χ3v) is 8.49. The molecule has 22 heavy (non-hydrogen) atoms. The number of fused-ring (bicyclic) bond motifs is 5. The highest BCUT2D eigenvalue weighted by atomic mass is 32.2. The topological polar surface area (TPSA) is 66.5 Å². The maximum absolute atomic E-state index is 10.3. The molecular weight excluding hydrogens is 294 g/mol. The summed E-state index contributed by atoms with van der Waals surface area (Å²) in [5.41, 5.74) is 9.25. The van der Waals surface area contributed by atoms with E-state index in [1.54, 1.807) is 11.8 Å². The molecule has 1 aliphatic heterocycles. The Kier molecular flexibility index (Phi) is 3.37. The van der Waals surface area contributed by atoms with Crippen LogP contribution in [0.15, 0.2) is 23.3 Å². The molecule has 4 rings (SSSR count). The smallest absolute Gasteiger partial charge is 0.103 e. The second kappa shape index (κ2) is 4.85. The van der Waals surface area contributed by atoms with Crippen molar-refractivity contribution in [3.8, 4) is 0 Å². The van der Waals surface area contributed by atoms with Crippen molar-refractivity contribution >= 4 is 11.8 Å². The van der Waals surface area contributed by atoms with Gasteiger partial charge in [-0.1, -0.05) is 37.1 Å². The number of aliphatic hydroxyl groups is 2. The van der Waals surface area contributed by atoms with Crippen LogP contribution in [-0.2, 0) is 0 Å². The molecule has 3 aliphatic carbocycles. The van der Waals surface area contributed by atoms with E-state index in [1.807, 2.05) is 0 Å². The zero-order chi connectivity index (χ0) is 15.7. The zero-order valence-electron chi connectivity index (χ0n) is 13.5. The minimum Gasteiger partial charge on any atom is -0.391 e. The quantitative estimate of drug-likeness (QED) is 0.641. The Labute approximate surface area is 137 Å². The van der Waals surface area contributed by atoms with Gasteiger partial charge in [0.2, 0.25) is 0 Å². The van der Waals surface area contributed by atoms with Crippen LogP contribution in [0.5, 0.6) is 0 Å². The highest BCUT2D eigenvalue weighted by Crippen LogP contribution is 2.62. The summed E-state index contributed by atoms with van der Waals surface area (Å²) in [5.74, 6) is 1.98. The Morgan fingerprint density at radius 3 is 2.77 bits per heavy atom. The summed E-state index contributed by atoms with van der Waals surface area (Å²) in [6.45, 7) is 4.65. The van der Waals surface area contributed by atoms with E-state index < -0.39 is 0 Å². The van der Waals surface area contributed by atoms with Crippen molar-refractivity contribution in [1.82, 2.24) is 0 Å². The molecule has 4 heteroatoms. The average Bonchev–Trinajstić information content (AvgIpc) is 2.72. The molecule has 0 amide bonds. The van der Waals surface area contributed by atoms with Crippen molar-refractivity contribution in [2.75, 3.05) is 5.75 Å². The highest BCUT2D eigenvalue weighted by molar-refractivity contribution is 7.99. The van der Waals surface area contributed by atoms with Gasteiger partial charge in [-0.15, -0.1) is 11.8 Å². The number of hydrogen-bond acceptors (Lipinski definition) is 4. The third-order valence-electron chi connectivity index (χ3n) is 7.18. The van der Waals surface area contributed by atoms with Crippen LogP contribution in [0.2, 0.25) is 0 Å². The standard InChI is InChI=1S/C18H27NO2S/c1-17-6-5-12-11(13(17)8-14(20)16(17)19)4-3-10-7-15(21)22-9-18(10,12)2/h3-4,12-16,20-21H,5-9,19H2,1-2H3/t12-,13+,14?,15?,16?,17+,18+/m1/s1. The van der Waals surface area contributed by atoms with Gasteiger partial charge in [0.1, 0.15) is 5.44 Å². The lowest BCUT2D eigenvalue weighted by Gasteiger charge is -2.54. The summed E-state index contributed by atoms with van der Waals surface area (Å²) < 4.78 is 0. The molecule has 7 atom stereocenters. The largest absolute Gasteiger partial charge is 0.391 e. The lowest BCUT2D eigenvalue weighted by atomic mass is 9.53. The van der Waals surface area contributed by atoms with E-state index >= 15 is 0 Å². The van der Waals surface area contributed by atoms with Crippen LogP contribution in [0.3, 0.4) is 0 Å². The van der Waals surface area contributed by atoms with Gasteiger partial charge in [-0.2, -0.15) is 0 Å². The predicted octanol–water partition coefficient (Wildman–Crippen LogP) is 2.44. The van der Waals surface area contributed by atoms with Crippen LogP contribution < -0.4 is 5.73 Å². The highest BCUT2D eigenvalue weighted by Gasteiger charge is 2.58. The molecular formula is C18H27NO2S.